The van der Waals surface area contributed by atoms with Gasteiger partial charge in [-0.05, 0) is 41.1 Å². The Labute approximate surface area is 167 Å². The fraction of sp³-hybridized carbons (Fsp3) is 0.300. The normalized spacial score (nSPS) is 18.3. The first kappa shape index (κ1) is 18.7. The molecule has 3 aromatic rings. The van der Waals surface area contributed by atoms with Crippen LogP contribution in [0.3, 0.4) is 0 Å². The first-order chi connectivity index (χ1) is 13.9. The van der Waals surface area contributed by atoms with Crippen molar-refractivity contribution in [1.29, 1.82) is 0 Å². The number of hydrogen-bond donors (Lipinski definition) is 1. The van der Waals surface area contributed by atoms with Gasteiger partial charge in [0.1, 0.15) is 5.75 Å². The highest BCUT2D eigenvalue weighted by Crippen LogP contribution is 2.29. The van der Waals surface area contributed by atoms with Crippen LogP contribution in [0.2, 0.25) is 0 Å². The van der Waals surface area contributed by atoms with Gasteiger partial charge in [-0.15, -0.1) is 0 Å². The molecule has 150 valence electrons. The molecule has 29 heavy (non-hydrogen) atoms. The van der Waals surface area contributed by atoms with E-state index in [2.05, 4.69) is 15.5 Å². The molecule has 2 aromatic heterocycles. The summed E-state index contributed by atoms with van der Waals surface area (Å²) in [5.74, 6) is 0.809. The SMILES string of the molecule is Cc1cc(-c2cc(O)n(C)n2)ccc1OCC1C=CC=CC1n1nnn(C)c1=O. The Morgan fingerprint density at radius 1 is 1.10 bits per heavy atom. The van der Waals surface area contributed by atoms with E-state index in [0.29, 0.717) is 12.3 Å². The second-order valence-corrected chi connectivity index (χ2v) is 7.06. The van der Waals surface area contributed by atoms with Gasteiger partial charge in [0.25, 0.3) is 0 Å². The zero-order valence-electron chi connectivity index (χ0n) is 16.4. The number of allylic oxidation sites excluding steroid dienone is 3. The molecule has 1 aliphatic rings. The van der Waals surface area contributed by atoms with Gasteiger partial charge in [-0.2, -0.15) is 14.5 Å². The quantitative estimate of drug-likeness (QED) is 0.708. The van der Waals surface area contributed by atoms with E-state index in [1.54, 1.807) is 20.2 Å². The van der Waals surface area contributed by atoms with Crippen LogP contribution in [0.4, 0.5) is 0 Å². The summed E-state index contributed by atoms with van der Waals surface area (Å²) >= 11 is 0. The third-order valence-corrected chi connectivity index (χ3v) is 5.00. The molecule has 0 saturated carbocycles. The molecule has 2 atom stereocenters. The van der Waals surface area contributed by atoms with Crippen LogP contribution in [0.15, 0.2) is 53.4 Å². The van der Waals surface area contributed by atoms with E-state index in [9.17, 15) is 9.90 Å². The van der Waals surface area contributed by atoms with Crippen LogP contribution in [0.25, 0.3) is 11.3 Å². The Hall–Kier alpha value is -3.62. The van der Waals surface area contributed by atoms with Crippen molar-refractivity contribution in [2.75, 3.05) is 6.61 Å². The van der Waals surface area contributed by atoms with Crippen molar-refractivity contribution in [3.63, 3.8) is 0 Å². The molecule has 9 heteroatoms. The van der Waals surface area contributed by atoms with Crippen LogP contribution in [-0.2, 0) is 14.1 Å². The second kappa shape index (κ2) is 7.42. The van der Waals surface area contributed by atoms with Crippen molar-refractivity contribution in [2.45, 2.75) is 13.0 Å². The number of rotatable bonds is 5. The number of hydrogen-bond acceptors (Lipinski definition) is 6. The lowest BCUT2D eigenvalue weighted by molar-refractivity contribution is 0.235. The summed E-state index contributed by atoms with van der Waals surface area (Å²) < 4.78 is 10.1. The highest BCUT2D eigenvalue weighted by atomic mass is 16.5. The lowest BCUT2D eigenvalue weighted by Gasteiger charge is -2.23. The zero-order chi connectivity index (χ0) is 20.5. The summed E-state index contributed by atoms with van der Waals surface area (Å²) in [7, 11) is 3.26. The predicted octanol–water partition coefficient (Wildman–Crippen LogP) is 1.75. The van der Waals surface area contributed by atoms with Crippen LogP contribution in [0, 0.1) is 12.8 Å². The van der Waals surface area contributed by atoms with Crippen LogP contribution in [0.5, 0.6) is 11.6 Å². The molecule has 0 radical (unpaired) electrons. The van der Waals surface area contributed by atoms with E-state index in [-0.39, 0.29) is 23.5 Å². The van der Waals surface area contributed by atoms with Crippen molar-refractivity contribution in [3.05, 3.63) is 64.6 Å². The standard InChI is InChI=1S/C20H22N6O3/c1-13-10-14(16-11-19(27)24(2)21-16)8-9-18(13)29-12-15-6-4-5-7-17(15)26-20(28)25(3)22-23-26/h4-11,15,17,27H,12H2,1-3H3. The van der Waals surface area contributed by atoms with E-state index in [1.165, 1.54) is 14.0 Å². The Bertz CT molecular complexity index is 1130. The smallest absolute Gasteiger partial charge is 0.363 e. The molecule has 2 unspecified atom stereocenters. The van der Waals surface area contributed by atoms with Crippen molar-refractivity contribution < 1.29 is 9.84 Å². The Morgan fingerprint density at radius 2 is 1.90 bits per heavy atom. The molecule has 0 spiro atoms. The molecule has 0 fully saturated rings. The van der Waals surface area contributed by atoms with Gasteiger partial charge in [-0.1, -0.05) is 24.3 Å². The monoisotopic (exact) mass is 394 g/mol. The maximum Gasteiger partial charge on any atom is 0.363 e. The highest BCUT2D eigenvalue weighted by molar-refractivity contribution is 5.62. The minimum absolute atomic E-state index is 0.0544. The third kappa shape index (κ3) is 3.58. The Kier molecular flexibility index (Phi) is 4.79. The molecule has 9 nitrogen and oxygen atoms in total. The lowest BCUT2D eigenvalue weighted by Crippen LogP contribution is -2.32. The van der Waals surface area contributed by atoms with Crippen molar-refractivity contribution >= 4 is 0 Å². The Balaban J connectivity index is 1.50. The van der Waals surface area contributed by atoms with Gasteiger partial charge in [-0.25, -0.2) is 9.48 Å². The highest BCUT2D eigenvalue weighted by Gasteiger charge is 2.25. The molecular weight excluding hydrogens is 372 g/mol. The summed E-state index contributed by atoms with van der Waals surface area (Å²) in [4.78, 5) is 12.2. The van der Waals surface area contributed by atoms with Crippen molar-refractivity contribution in [3.8, 4) is 22.9 Å². The van der Waals surface area contributed by atoms with Crippen molar-refractivity contribution in [1.82, 2.24) is 29.6 Å². The first-order valence-corrected chi connectivity index (χ1v) is 9.24. The zero-order valence-corrected chi connectivity index (χ0v) is 16.4. The maximum atomic E-state index is 12.2. The molecule has 0 saturated heterocycles. The van der Waals surface area contributed by atoms with Gasteiger partial charge >= 0.3 is 5.69 Å². The lowest BCUT2D eigenvalue weighted by atomic mass is 9.96. The average molecular weight is 394 g/mol. The molecule has 0 amide bonds. The van der Waals surface area contributed by atoms with Crippen molar-refractivity contribution in [2.24, 2.45) is 20.0 Å². The van der Waals surface area contributed by atoms with Gasteiger partial charge in [0.2, 0.25) is 5.88 Å². The number of ether oxygens (including phenoxy) is 1. The molecule has 1 aromatic carbocycles. The van der Waals surface area contributed by atoms with E-state index in [0.717, 1.165) is 16.9 Å². The average Bonchev–Trinajstić information content (AvgIpc) is 3.22. The summed E-state index contributed by atoms with van der Waals surface area (Å²) in [6.07, 6.45) is 7.76. The van der Waals surface area contributed by atoms with Gasteiger partial charge in [0, 0.05) is 31.6 Å². The molecule has 2 heterocycles. The number of benzene rings is 1. The maximum absolute atomic E-state index is 12.2. The Morgan fingerprint density at radius 3 is 2.55 bits per heavy atom. The minimum Gasteiger partial charge on any atom is -0.493 e. The number of aromatic nitrogens is 6. The third-order valence-electron chi connectivity index (χ3n) is 5.00. The minimum atomic E-state index is -0.265. The summed E-state index contributed by atoms with van der Waals surface area (Å²) in [6, 6.07) is 7.14. The van der Waals surface area contributed by atoms with Gasteiger partial charge in [-0.3, -0.25) is 0 Å². The van der Waals surface area contributed by atoms with Crippen LogP contribution < -0.4 is 10.4 Å². The fourth-order valence-electron chi connectivity index (χ4n) is 3.33. The topological polar surface area (TPSA) is 100.0 Å². The largest absolute Gasteiger partial charge is 0.493 e. The van der Waals surface area contributed by atoms with Gasteiger partial charge < -0.3 is 9.84 Å². The van der Waals surface area contributed by atoms with E-state index >= 15 is 0 Å². The number of nitrogens with zero attached hydrogens (tertiary/aromatic N) is 6. The number of aromatic hydroxyl groups is 1. The molecule has 0 aliphatic heterocycles. The molecule has 4 rings (SSSR count). The van der Waals surface area contributed by atoms with Gasteiger partial charge in [0.15, 0.2) is 0 Å². The first-order valence-electron chi connectivity index (χ1n) is 9.24. The number of aryl methyl sites for hydroxylation is 3. The molecule has 0 bridgehead atoms. The fourth-order valence-corrected chi connectivity index (χ4v) is 3.33. The predicted molar refractivity (Wildman–Crippen MR) is 107 cm³/mol. The van der Waals surface area contributed by atoms with Crippen LogP contribution in [-0.4, -0.2) is 41.3 Å². The van der Waals surface area contributed by atoms with E-state index < -0.39 is 0 Å². The molecular formula is C20H22N6O3. The van der Waals surface area contributed by atoms with E-state index in [1.807, 2.05) is 49.4 Å². The summed E-state index contributed by atoms with van der Waals surface area (Å²) in [5.41, 5.74) is 2.28. The second-order valence-electron chi connectivity index (χ2n) is 7.06. The summed E-state index contributed by atoms with van der Waals surface area (Å²) in [5, 5.41) is 21.8. The van der Waals surface area contributed by atoms with Crippen LogP contribution in [0.1, 0.15) is 11.6 Å². The van der Waals surface area contributed by atoms with E-state index in [4.69, 9.17) is 4.74 Å². The van der Waals surface area contributed by atoms with Gasteiger partial charge in [0.05, 0.1) is 18.3 Å². The van der Waals surface area contributed by atoms with Crippen LogP contribution >= 0.6 is 0 Å². The molecule has 1 N–H and O–H groups in total. The number of tetrazole rings is 1. The summed E-state index contributed by atoms with van der Waals surface area (Å²) in [6.45, 7) is 2.35. The molecule has 1 aliphatic carbocycles.